The molecule has 4 aromatic rings. The molecule has 0 saturated carbocycles. The van der Waals surface area contributed by atoms with Crippen molar-refractivity contribution in [1.82, 2.24) is 20.2 Å². The van der Waals surface area contributed by atoms with Gasteiger partial charge in [-0.05, 0) is 35.9 Å². The van der Waals surface area contributed by atoms with E-state index in [1.807, 2.05) is 6.07 Å². The van der Waals surface area contributed by atoms with E-state index < -0.39 is 5.82 Å². The summed E-state index contributed by atoms with van der Waals surface area (Å²) in [5.74, 6) is -0.373. The Labute approximate surface area is 199 Å². The van der Waals surface area contributed by atoms with Crippen LogP contribution in [0, 0.1) is 5.82 Å². The van der Waals surface area contributed by atoms with Gasteiger partial charge in [0.1, 0.15) is 17.3 Å². The minimum atomic E-state index is -0.415. The first kappa shape index (κ1) is 23.1. The number of hydrogen-bond acceptors (Lipinski definition) is 7. The Kier molecular flexibility index (Phi) is 7.61. The van der Waals surface area contributed by atoms with Gasteiger partial charge in [0.2, 0.25) is 5.91 Å². The highest BCUT2D eigenvalue weighted by Crippen LogP contribution is 2.24. The molecule has 10 heteroatoms. The zero-order valence-corrected chi connectivity index (χ0v) is 18.9. The Morgan fingerprint density at radius 1 is 1.12 bits per heavy atom. The summed E-state index contributed by atoms with van der Waals surface area (Å²) in [6.45, 7) is 0.720. The predicted octanol–water partition coefficient (Wildman–Crippen LogP) is 4.36. The molecule has 0 unspecified atom stereocenters. The van der Waals surface area contributed by atoms with Gasteiger partial charge in [-0.3, -0.25) is 14.6 Å². The molecule has 0 saturated heterocycles. The van der Waals surface area contributed by atoms with Gasteiger partial charge >= 0.3 is 0 Å². The number of furan rings is 1. The number of pyridine rings is 1. The van der Waals surface area contributed by atoms with Gasteiger partial charge in [-0.2, -0.15) is 0 Å². The number of hydrogen-bond donors (Lipinski definition) is 2. The number of carbonyl (C=O) groups excluding carboxylic acids is 2. The lowest BCUT2D eigenvalue weighted by atomic mass is 10.2. The second-order valence-electron chi connectivity index (χ2n) is 7.34. The van der Waals surface area contributed by atoms with Crippen LogP contribution >= 0.6 is 11.3 Å². The summed E-state index contributed by atoms with van der Waals surface area (Å²) in [6, 6.07) is 13.4. The number of anilines is 2. The number of aromatic nitrogens is 2. The van der Waals surface area contributed by atoms with Crippen LogP contribution in [0.3, 0.4) is 0 Å². The first-order valence-electron chi connectivity index (χ1n) is 10.5. The fourth-order valence-corrected chi connectivity index (χ4v) is 3.84. The van der Waals surface area contributed by atoms with E-state index in [0.29, 0.717) is 17.4 Å². The van der Waals surface area contributed by atoms with E-state index >= 15 is 0 Å². The number of halogens is 1. The van der Waals surface area contributed by atoms with Gasteiger partial charge in [0.05, 0.1) is 18.5 Å². The van der Waals surface area contributed by atoms with Crippen molar-refractivity contribution in [3.05, 3.63) is 95.4 Å². The minimum absolute atomic E-state index is 0.108. The molecule has 4 rings (SSSR count). The highest BCUT2D eigenvalue weighted by molar-refractivity contribution is 7.14. The van der Waals surface area contributed by atoms with Crippen LogP contribution in [0.25, 0.3) is 0 Å². The summed E-state index contributed by atoms with van der Waals surface area (Å²) in [7, 11) is 0. The molecule has 3 heterocycles. The largest absolute Gasteiger partial charge is 0.467 e. The SMILES string of the molecule is O=C(CCN(Cc1ccco1)C(=O)c1csc(Nc2ccccc2F)n1)NCc1cccnc1. The number of para-hydroxylation sites is 1. The maximum Gasteiger partial charge on any atom is 0.273 e. The van der Waals surface area contributed by atoms with Gasteiger partial charge in [-0.1, -0.05) is 18.2 Å². The Morgan fingerprint density at radius 3 is 2.76 bits per heavy atom. The van der Waals surface area contributed by atoms with Crippen LogP contribution in [-0.4, -0.2) is 33.2 Å². The fourth-order valence-electron chi connectivity index (χ4n) is 3.14. The molecule has 0 radical (unpaired) electrons. The van der Waals surface area contributed by atoms with Crippen molar-refractivity contribution >= 4 is 34.0 Å². The second kappa shape index (κ2) is 11.2. The molecular formula is C24H22FN5O3S. The third-order valence-electron chi connectivity index (χ3n) is 4.87. The van der Waals surface area contributed by atoms with Gasteiger partial charge in [-0.25, -0.2) is 9.37 Å². The smallest absolute Gasteiger partial charge is 0.273 e. The van der Waals surface area contributed by atoms with E-state index in [0.717, 1.165) is 5.56 Å². The normalized spacial score (nSPS) is 10.6. The third-order valence-corrected chi connectivity index (χ3v) is 5.63. The first-order chi connectivity index (χ1) is 16.6. The van der Waals surface area contributed by atoms with Crippen molar-refractivity contribution in [2.45, 2.75) is 19.5 Å². The van der Waals surface area contributed by atoms with E-state index in [2.05, 4.69) is 20.6 Å². The van der Waals surface area contributed by atoms with E-state index in [1.165, 1.54) is 28.6 Å². The highest BCUT2D eigenvalue weighted by atomic mass is 32.1. The lowest BCUT2D eigenvalue weighted by Crippen LogP contribution is -2.35. The zero-order chi connectivity index (χ0) is 23.8. The number of amides is 2. The van der Waals surface area contributed by atoms with Crippen molar-refractivity contribution in [3.8, 4) is 0 Å². The van der Waals surface area contributed by atoms with Crippen LogP contribution < -0.4 is 10.6 Å². The van der Waals surface area contributed by atoms with Crippen molar-refractivity contribution < 1.29 is 18.4 Å². The van der Waals surface area contributed by atoms with E-state index in [4.69, 9.17) is 4.42 Å². The fraction of sp³-hybridized carbons (Fsp3) is 0.167. The summed E-state index contributed by atoms with van der Waals surface area (Å²) < 4.78 is 19.3. The molecule has 3 aromatic heterocycles. The van der Waals surface area contributed by atoms with E-state index in [9.17, 15) is 14.0 Å². The van der Waals surface area contributed by atoms with Crippen molar-refractivity contribution in [2.24, 2.45) is 0 Å². The third kappa shape index (κ3) is 6.26. The lowest BCUT2D eigenvalue weighted by Gasteiger charge is -2.20. The number of benzene rings is 1. The van der Waals surface area contributed by atoms with Crippen LogP contribution in [0.15, 0.2) is 77.0 Å². The average Bonchev–Trinajstić information content (AvgIpc) is 3.54. The van der Waals surface area contributed by atoms with E-state index in [1.54, 1.807) is 54.2 Å². The molecule has 34 heavy (non-hydrogen) atoms. The maximum absolute atomic E-state index is 13.9. The highest BCUT2D eigenvalue weighted by Gasteiger charge is 2.21. The number of nitrogens with one attached hydrogen (secondary N) is 2. The van der Waals surface area contributed by atoms with Crippen molar-refractivity contribution in [3.63, 3.8) is 0 Å². The van der Waals surface area contributed by atoms with E-state index in [-0.39, 0.29) is 42.7 Å². The molecule has 2 amide bonds. The standard InChI is InChI=1S/C24H22FN5O3S/c25-19-7-1-2-8-20(19)28-24-29-21(16-34-24)23(32)30(15-18-6-4-12-33-18)11-9-22(31)27-14-17-5-3-10-26-13-17/h1-8,10,12-13,16H,9,11,14-15H2,(H,27,31)(H,28,29). The Hall–Kier alpha value is -4.05. The van der Waals surface area contributed by atoms with Crippen LogP contribution in [0.5, 0.6) is 0 Å². The number of nitrogens with zero attached hydrogens (tertiary/aromatic N) is 3. The van der Waals surface area contributed by atoms with Crippen molar-refractivity contribution in [2.75, 3.05) is 11.9 Å². The van der Waals surface area contributed by atoms with Gasteiger partial charge in [0.15, 0.2) is 5.13 Å². The molecule has 0 fully saturated rings. The van der Waals surface area contributed by atoms with Crippen LogP contribution in [0.2, 0.25) is 0 Å². The van der Waals surface area contributed by atoms with Gasteiger partial charge in [0, 0.05) is 37.3 Å². The molecule has 0 spiro atoms. The summed E-state index contributed by atoms with van der Waals surface area (Å²) in [4.78, 5) is 35.4. The topological polar surface area (TPSA) is 100 Å². The molecule has 0 bridgehead atoms. The number of thiazole rings is 1. The molecule has 0 aliphatic rings. The minimum Gasteiger partial charge on any atom is -0.467 e. The summed E-state index contributed by atoms with van der Waals surface area (Å²) in [5, 5.41) is 7.71. The van der Waals surface area contributed by atoms with Crippen LogP contribution in [-0.2, 0) is 17.9 Å². The average molecular weight is 480 g/mol. The van der Waals surface area contributed by atoms with Crippen LogP contribution in [0.1, 0.15) is 28.2 Å². The quantitative estimate of drug-likeness (QED) is 0.351. The molecule has 0 aliphatic heterocycles. The molecule has 8 nitrogen and oxygen atoms in total. The molecule has 0 aliphatic carbocycles. The Balaban J connectivity index is 1.40. The number of rotatable bonds is 10. The van der Waals surface area contributed by atoms with Gasteiger partial charge in [-0.15, -0.1) is 11.3 Å². The monoisotopic (exact) mass is 479 g/mol. The number of carbonyl (C=O) groups is 2. The Morgan fingerprint density at radius 2 is 2.00 bits per heavy atom. The summed E-state index contributed by atoms with van der Waals surface area (Å²) in [6.07, 6.45) is 4.98. The van der Waals surface area contributed by atoms with Crippen molar-refractivity contribution in [1.29, 1.82) is 0 Å². The molecular weight excluding hydrogens is 457 g/mol. The maximum atomic E-state index is 13.9. The molecule has 1 aromatic carbocycles. The summed E-state index contributed by atoms with van der Waals surface area (Å²) in [5.41, 5.74) is 1.36. The molecule has 2 N–H and O–H groups in total. The zero-order valence-electron chi connectivity index (χ0n) is 18.1. The second-order valence-corrected chi connectivity index (χ2v) is 8.19. The van der Waals surface area contributed by atoms with Gasteiger partial charge < -0.3 is 20.0 Å². The first-order valence-corrected chi connectivity index (χ1v) is 11.4. The van der Waals surface area contributed by atoms with Gasteiger partial charge in [0.25, 0.3) is 5.91 Å². The summed E-state index contributed by atoms with van der Waals surface area (Å²) >= 11 is 1.19. The predicted molar refractivity (Wildman–Crippen MR) is 126 cm³/mol. The molecule has 174 valence electrons. The Bertz CT molecular complexity index is 1230. The van der Waals surface area contributed by atoms with Crippen LogP contribution in [0.4, 0.5) is 15.2 Å². The lowest BCUT2D eigenvalue weighted by molar-refractivity contribution is -0.121. The molecule has 0 atom stereocenters.